The third kappa shape index (κ3) is 3.90. The van der Waals surface area contributed by atoms with Crippen molar-refractivity contribution in [2.75, 3.05) is 31.7 Å². The van der Waals surface area contributed by atoms with E-state index >= 15 is 0 Å². The number of thiophene rings is 1. The van der Waals surface area contributed by atoms with Gasteiger partial charge in [-0.1, -0.05) is 24.0 Å². The maximum absolute atomic E-state index is 8.82. The largest absolute Gasteiger partial charge is 0.382 e. The molecule has 2 aromatic rings. The third-order valence-electron chi connectivity index (χ3n) is 7.25. The number of benzene rings is 1. The van der Waals surface area contributed by atoms with E-state index in [-0.39, 0.29) is 5.84 Å². The smallest absolute Gasteiger partial charge is 0.134 e. The molecule has 1 saturated heterocycles. The van der Waals surface area contributed by atoms with Crippen LogP contribution in [-0.2, 0) is 4.74 Å². The summed E-state index contributed by atoms with van der Waals surface area (Å²) in [5.41, 5.74) is 5.56. The summed E-state index contributed by atoms with van der Waals surface area (Å²) < 4.78 is 5.40. The molecule has 0 bridgehead atoms. The van der Waals surface area contributed by atoms with Crippen LogP contribution in [-0.4, -0.2) is 50.2 Å². The highest BCUT2D eigenvalue weighted by Crippen LogP contribution is 2.48. The standard InChI is InChI=1S/C27H31N5OS/c1-16-17(2)34-26-23(16)24(31-22(13-33-4)25(29)32(26)18(3)28)21-9-7-19(8-10-21)5-6-20-11-27(12-20)14-30-15-27/h7-10,20,22,28-30H,11-15H2,1-4H3. The Bertz CT molecular complexity index is 1230. The van der Waals surface area contributed by atoms with Gasteiger partial charge in [0, 0.05) is 47.7 Å². The van der Waals surface area contributed by atoms with E-state index in [0.29, 0.717) is 23.8 Å². The van der Waals surface area contributed by atoms with Gasteiger partial charge in [0.25, 0.3) is 0 Å². The van der Waals surface area contributed by atoms with E-state index in [2.05, 4.69) is 55.3 Å². The highest BCUT2D eigenvalue weighted by atomic mass is 32.1. The number of rotatable bonds is 3. The first-order valence-electron chi connectivity index (χ1n) is 11.8. The molecule has 5 rings (SSSR count). The van der Waals surface area contributed by atoms with Crippen LogP contribution in [0.25, 0.3) is 0 Å². The zero-order valence-corrected chi connectivity index (χ0v) is 21.0. The Hall–Kier alpha value is -2.79. The number of nitrogens with zero attached hydrogens (tertiary/aromatic N) is 2. The average molecular weight is 474 g/mol. The van der Waals surface area contributed by atoms with Gasteiger partial charge in [-0.25, -0.2) is 0 Å². The number of hydrogen-bond donors (Lipinski definition) is 3. The molecular formula is C27H31N5OS. The van der Waals surface area contributed by atoms with Gasteiger partial charge in [-0.2, -0.15) is 0 Å². The van der Waals surface area contributed by atoms with Crippen molar-refractivity contribution < 1.29 is 4.74 Å². The van der Waals surface area contributed by atoms with Crippen molar-refractivity contribution in [1.29, 1.82) is 10.8 Å². The van der Waals surface area contributed by atoms with E-state index in [1.54, 1.807) is 30.3 Å². The molecule has 0 radical (unpaired) electrons. The molecule has 1 aliphatic carbocycles. The number of aliphatic imine (C=N–C) groups is 1. The maximum atomic E-state index is 8.82. The minimum Gasteiger partial charge on any atom is -0.382 e. The van der Waals surface area contributed by atoms with E-state index in [0.717, 1.165) is 46.1 Å². The van der Waals surface area contributed by atoms with Gasteiger partial charge < -0.3 is 10.1 Å². The van der Waals surface area contributed by atoms with Crippen LogP contribution < -0.4 is 10.2 Å². The van der Waals surface area contributed by atoms with Gasteiger partial charge in [-0.3, -0.25) is 20.7 Å². The van der Waals surface area contributed by atoms with E-state index in [1.807, 2.05) is 0 Å². The Morgan fingerprint density at radius 1 is 1.26 bits per heavy atom. The minimum absolute atomic E-state index is 0.272. The molecule has 3 aliphatic rings. The van der Waals surface area contributed by atoms with Crippen LogP contribution >= 0.6 is 11.3 Å². The molecule has 1 spiro atoms. The van der Waals surface area contributed by atoms with Crippen molar-refractivity contribution in [1.82, 2.24) is 5.32 Å². The molecule has 176 valence electrons. The number of methoxy groups -OCH3 is 1. The lowest BCUT2D eigenvalue weighted by Crippen LogP contribution is -2.59. The van der Waals surface area contributed by atoms with E-state index in [4.69, 9.17) is 20.5 Å². The molecule has 0 amide bonds. The zero-order valence-electron chi connectivity index (χ0n) is 20.2. The van der Waals surface area contributed by atoms with Crippen LogP contribution in [0.5, 0.6) is 0 Å². The number of nitrogens with one attached hydrogen (secondary N) is 3. The van der Waals surface area contributed by atoms with Crippen LogP contribution in [0.4, 0.5) is 5.00 Å². The minimum atomic E-state index is -0.481. The topological polar surface area (TPSA) is 84.6 Å². The maximum Gasteiger partial charge on any atom is 0.134 e. The zero-order chi connectivity index (χ0) is 24.0. The predicted octanol–water partition coefficient (Wildman–Crippen LogP) is 4.36. The Morgan fingerprint density at radius 3 is 2.56 bits per heavy atom. The molecule has 3 heterocycles. The summed E-state index contributed by atoms with van der Waals surface area (Å²) in [7, 11) is 1.62. The van der Waals surface area contributed by atoms with Gasteiger partial charge in [0.15, 0.2) is 0 Å². The summed E-state index contributed by atoms with van der Waals surface area (Å²) in [6.07, 6.45) is 2.44. The summed E-state index contributed by atoms with van der Waals surface area (Å²) in [5.74, 6) is 7.93. The first kappa shape index (κ1) is 23.0. The molecule has 2 fully saturated rings. The molecule has 2 aliphatic heterocycles. The lowest BCUT2D eigenvalue weighted by molar-refractivity contribution is 0.0266. The third-order valence-corrected chi connectivity index (χ3v) is 8.44. The van der Waals surface area contributed by atoms with Crippen molar-refractivity contribution >= 4 is 33.7 Å². The number of aryl methyl sites for hydroxylation is 1. The van der Waals surface area contributed by atoms with Crippen LogP contribution in [0.1, 0.15) is 46.9 Å². The quantitative estimate of drug-likeness (QED) is 0.352. The first-order chi connectivity index (χ1) is 16.3. The van der Waals surface area contributed by atoms with Gasteiger partial charge in [0.2, 0.25) is 0 Å². The average Bonchev–Trinajstić information content (AvgIpc) is 2.96. The van der Waals surface area contributed by atoms with Gasteiger partial charge >= 0.3 is 0 Å². The van der Waals surface area contributed by atoms with Crippen molar-refractivity contribution in [3.63, 3.8) is 0 Å². The molecule has 1 aromatic heterocycles. The predicted molar refractivity (Wildman–Crippen MR) is 140 cm³/mol. The van der Waals surface area contributed by atoms with Gasteiger partial charge in [-0.05, 0) is 56.7 Å². The molecule has 6 nitrogen and oxygen atoms in total. The van der Waals surface area contributed by atoms with Gasteiger partial charge in [0.1, 0.15) is 22.7 Å². The summed E-state index contributed by atoms with van der Waals surface area (Å²) in [6, 6.07) is 7.82. The Balaban J connectivity index is 1.48. The van der Waals surface area contributed by atoms with Crippen molar-refractivity contribution in [3.8, 4) is 11.8 Å². The number of amidine groups is 2. The summed E-state index contributed by atoms with van der Waals surface area (Å²) >= 11 is 1.61. The summed E-state index contributed by atoms with van der Waals surface area (Å²) in [4.78, 5) is 7.90. The fraction of sp³-hybridized carbons (Fsp3) is 0.444. The van der Waals surface area contributed by atoms with Gasteiger partial charge in [-0.15, -0.1) is 11.3 Å². The number of ether oxygens (including phenoxy) is 1. The molecule has 1 saturated carbocycles. The Kier molecular flexibility index (Phi) is 5.93. The lowest BCUT2D eigenvalue weighted by atomic mass is 9.59. The normalized spacial score (nSPS) is 21.1. The van der Waals surface area contributed by atoms with Crippen molar-refractivity contribution in [2.24, 2.45) is 16.3 Å². The second-order valence-electron chi connectivity index (χ2n) is 9.77. The van der Waals surface area contributed by atoms with Crippen LogP contribution in [0, 0.1) is 47.8 Å². The molecule has 1 unspecified atom stereocenters. The first-order valence-corrected chi connectivity index (χ1v) is 12.6. The van der Waals surface area contributed by atoms with E-state index < -0.39 is 6.04 Å². The molecule has 1 atom stereocenters. The lowest BCUT2D eigenvalue weighted by Gasteiger charge is -2.53. The van der Waals surface area contributed by atoms with Crippen molar-refractivity contribution in [2.45, 2.75) is 39.7 Å². The monoisotopic (exact) mass is 473 g/mol. The highest BCUT2D eigenvalue weighted by Gasteiger charge is 2.47. The molecule has 7 heteroatoms. The van der Waals surface area contributed by atoms with E-state index in [1.165, 1.54) is 17.7 Å². The van der Waals surface area contributed by atoms with Gasteiger partial charge in [0.05, 0.1) is 12.3 Å². The Morgan fingerprint density at radius 2 is 1.97 bits per heavy atom. The highest BCUT2D eigenvalue weighted by molar-refractivity contribution is 7.17. The Labute approximate surface area is 205 Å². The second kappa shape index (κ2) is 8.77. The summed E-state index contributed by atoms with van der Waals surface area (Å²) in [6.45, 7) is 8.50. The number of fused-ring (bicyclic) bond motifs is 1. The molecule has 1 aromatic carbocycles. The van der Waals surface area contributed by atoms with Crippen molar-refractivity contribution in [3.05, 3.63) is 51.4 Å². The SMILES string of the molecule is COCC1N=C(c2ccc(C#CC3CC4(CNC4)C3)cc2)c2c(sc(C)c2C)N(C(C)=N)C1=N. The fourth-order valence-corrected chi connectivity index (χ4v) is 6.39. The molecule has 34 heavy (non-hydrogen) atoms. The van der Waals surface area contributed by atoms with Crippen LogP contribution in [0.15, 0.2) is 29.3 Å². The number of anilines is 1. The second-order valence-corrected chi connectivity index (χ2v) is 11.0. The van der Waals surface area contributed by atoms with Crippen LogP contribution in [0.2, 0.25) is 0 Å². The molecular weight excluding hydrogens is 442 g/mol. The van der Waals surface area contributed by atoms with Crippen LogP contribution in [0.3, 0.4) is 0 Å². The number of hydrogen-bond acceptors (Lipinski definition) is 6. The van der Waals surface area contributed by atoms with E-state index in [9.17, 15) is 0 Å². The summed E-state index contributed by atoms with van der Waals surface area (Å²) in [5, 5.41) is 21.5. The fourth-order valence-electron chi connectivity index (χ4n) is 5.16. The molecule has 3 N–H and O–H groups in total.